The van der Waals surface area contributed by atoms with Crippen LogP contribution in [0, 0.1) is 11.8 Å². The van der Waals surface area contributed by atoms with E-state index in [0.717, 1.165) is 6.54 Å². The molecule has 1 saturated heterocycles. The molecule has 19 heavy (non-hydrogen) atoms. The Morgan fingerprint density at radius 3 is 2.32 bits per heavy atom. The molecule has 2 fully saturated rings. The molecule has 4 nitrogen and oxygen atoms in total. The summed E-state index contributed by atoms with van der Waals surface area (Å²) in [7, 11) is 0. The molecule has 0 aromatic carbocycles. The summed E-state index contributed by atoms with van der Waals surface area (Å²) < 4.78 is 0. The molecule has 2 rings (SSSR count). The molecule has 2 amide bonds. The number of likely N-dealkylation sites (N-methyl/N-ethyl adjacent to an activating group) is 1. The van der Waals surface area contributed by atoms with E-state index in [2.05, 4.69) is 12.2 Å². The molecule has 1 aliphatic carbocycles. The summed E-state index contributed by atoms with van der Waals surface area (Å²) in [4.78, 5) is 25.6. The van der Waals surface area contributed by atoms with Crippen LogP contribution in [0.2, 0.25) is 0 Å². The van der Waals surface area contributed by atoms with Crippen molar-refractivity contribution in [1.82, 2.24) is 10.2 Å². The number of hydrogen-bond acceptors (Lipinski definition) is 3. The zero-order valence-corrected chi connectivity index (χ0v) is 12.2. The van der Waals surface area contributed by atoms with Gasteiger partial charge in [0.05, 0.1) is 0 Å². The van der Waals surface area contributed by atoms with Crippen LogP contribution in [0.5, 0.6) is 0 Å². The highest BCUT2D eigenvalue weighted by Crippen LogP contribution is 2.29. The molecule has 1 saturated carbocycles. The Labute approximate surface area is 115 Å². The molecule has 108 valence electrons. The molecular formula is C15H26N2O2. The van der Waals surface area contributed by atoms with Gasteiger partial charge in [0.1, 0.15) is 0 Å². The number of carbonyl (C=O) groups is 2. The minimum Gasteiger partial charge on any atom is -0.312 e. The number of rotatable bonds is 5. The molecule has 0 radical (unpaired) electrons. The second-order valence-electron chi connectivity index (χ2n) is 6.12. The van der Waals surface area contributed by atoms with E-state index in [1.54, 1.807) is 0 Å². The van der Waals surface area contributed by atoms with Crippen molar-refractivity contribution in [3.05, 3.63) is 0 Å². The van der Waals surface area contributed by atoms with Crippen molar-refractivity contribution in [3.63, 3.8) is 0 Å². The first-order chi connectivity index (χ1) is 9.11. The summed E-state index contributed by atoms with van der Waals surface area (Å²) in [6, 6.07) is 0.286. The molecule has 1 unspecified atom stereocenters. The van der Waals surface area contributed by atoms with Crippen LogP contribution < -0.4 is 5.32 Å². The number of piperidine rings is 1. The second kappa shape index (κ2) is 6.51. The van der Waals surface area contributed by atoms with Gasteiger partial charge in [-0.15, -0.1) is 0 Å². The lowest BCUT2D eigenvalue weighted by molar-refractivity contribution is -0.150. The van der Waals surface area contributed by atoms with Crippen molar-refractivity contribution in [1.29, 1.82) is 0 Å². The minimum atomic E-state index is 0.0182. The van der Waals surface area contributed by atoms with Crippen molar-refractivity contribution in [2.24, 2.45) is 11.8 Å². The smallest absolute Gasteiger partial charge is 0.229 e. The van der Waals surface area contributed by atoms with Gasteiger partial charge in [0.15, 0.2) is 0 Å². The zero-order chi connectivity index (χ0) is 13.8. The highest BCUT2D eigenvalue weighted by Gasteiger charge is 2.34. The molecule has 0 bridgehead atoms. The van der Waals surface area contributed by atoms with E-state index in [1.165, 1.54) is 30.6 Å². The Bertz CT molecular complexity index is 319. The van der Waals surface area contributed by atoms with Crippen LogP contribution in [-0.4, -0.2) is 35.8 Å². The average Bonchev–Trinajstić information content (AvgIpc) is 2.85. The lowest BCUT2D eigenvalue weighted by Crippen LogP contribution is -2.51. The maximum atomic E-state index is 12.0. The van der Waals surface area contributed by atoms with Crippen LogP contribution in [0.25, 0.3) is 0 Å². The molecule has 1 N–H and O–H groups in total. The van der Waals surface area contributed by atoms with Gasteiger partial charge in [0.2, 0.25) is 11.8 Å². The Morgan fingerprint density at radius 1 is 1.21 bits per heavy atom. The van der Waals surface area contributed by atoms with Crippen LogP contribution in [0.4, 0.5) is 0 Å². The summed E-state index contributed by atoms with van der Waals surface area (Å²) >= 11 is 0. The van der Waals surface area contributed by atoms with Crippen LogP contribution in [0.3, 0.4) is 0 Å². The highest BCUT2D eigenvalue weighted by molar-refractivity contribution is 5.97. The lowest BCUT2D eigenvalue weighted by Gasteiger charge is -2.34. The number of amides is 2. The van der Waals surface area contributed by atoms with E-state index in [-0.39, 0.29) is 23.8 Å². The van der Waals surface area contributed by atoms with Crippen molar-refractivity contribution >= 4 is 11.8 Å². The van der Waals surface area contributed by atoms with Gasteiger partial charge in [-0.3, -0.25) is 14.5 Å². The van der Waals surface area contributed by atoms with E-state index in [9.17, 15) is 9.59 Å². The maximum Gasteiger partial charge on any atom is 0.229 e. The van der Waals surface area contributed by atoms with Crippen LogP contribution >= 0.6 is 0 Å². The molecule has 2 aliphatic rings. The van der Waals surface area contributed by atoms with Gasteiger partial charge >= 0.3 is 0 Å². The fourth-order valence-corrected chi connectivity index (χ4v) is 3.43. The standard InChI is InChI=1S/C15H26N2O2/c1-3-16-13(12-6-4-5-7-12)10-17-14(18)8-11(2)9-15(17)19/h11-13,16H,3-10H2,1-2H3. The molecule has 0 aromatic heterocycles. The quantitative estimate of drug-likeness (QED) is 0.774. The van der Waals surface area contributed by atoms with E-state index >= 15 is 0 Å². The first-order valence-electron chi connectivity index (χ1n) is 7.68. The molecule has 1 atom stereocenters. The third-order valence-corrected chi connectivity index (χ3v) is 4.46. The van der Waals surface area contributed by atoms with Gasteiger partial charge in [-0.2, -0.15) is 0 Å². The molecule has 0 aromatic rings. The van der Waals surface area contributed by atoms with E-state index in [0.29, 0.717) is 25.3 Å². The Hall–Kier alpha value is -0.900. The number of carbonyl (C=O) groups excluding carboxylic acids is 2. The van der Waals surface area contributed by atoms with Gasteiger partial charge in [0, 0.05) is 25.4 Å². The second-order valence-corrected chi connectivity index (χ2v) is 6.12. The monoisotopic (exact) mass is 266 g/mol. The van der Waals surface area contributed by atoms with Crippen LogP contribution in [0.15, 0.2) is 0 Å². The summed E-state index contributed by atoms with van der Waals surface area (Å²) in [5.74, 6) is 0.870. The molecule has 0 spiro atoms. The number of imide groups is 1. The third-order valence-electron chi connectivity index (χ3n) is 4.46. The summed E-state index contributed by atoms with van der Waals surface area (Å²) in [5.41, 5.74) is 0. The van der Waals surface area contributed by atoms with E-state index < -0.39 is 0 Å². The van der Waals surface area contributed by atoms with Gasteiger partial charge < -0.3 is 5.32 Å². The van der Waals surface area contributed by atoms with Gasteiger partial charge in [-0.25, -0.2) is 0 Å². The van der Waals surface area contributed by atoms with Crippen molar-refractivity contribution in [2.45, 2.75) is 58.4 Å². The predicted octanol–water partition coefficient (Wildman–Crippen LogP) is 1.94. The number of likely N-dealkylation sites (tertiary alicyclic amines) is 1. The number of nitrogens with zero attached hydrogens (tertiary/aromatic N) is 1. The largest absolute Gasteiger partial charge is 0.312 e. The van der Waals surface area contributed by atoms with Crippen molar-refractivity contribution in [3.8, 4) is 0 Å². The van der Waals surface area contributed by atoms with Crippen molar-refractivity contribution in [2.75, 3.05) is 13.1 Å². The number of hydrogen-bond donors (Lipinski definition) is 1. The summed E-state index contributed by atoms with van der Waals surface area (Å²) in [6.45, 7) is 5.53. The fraction of sp³-hybridized carbons (Fsp3) is 0.867. The first-order valence-corrected chi connectivity index (χ1v) is 7.68. The lowest BCUT2D eigenvalue weighted by atomic mass is 9.94. The minimum absolute atomic E-state index is 0.0182. The average molecular weight is 266 g/mol. The Morgan fingerprint density at radius 2 is 1.79 bits per heavy atom. The fourth-order valence-electron chi connectivity index (χ4n) is 3.43. The van der Waals surface area contributed by atoms with E-state index in [4.69, 9.17) is 0 Å². The van der Waals surface area contributed by atoms with E-state index in [1.807, 2.05) is 6.92 Å². The SMILES string of the molecule is CCNC(CN1C(=O)CC(C)CC1=O)C1CCCC1. The molecule has 4 heteroatoms. The van der Waals surface area contributed by atoms with Gasteiger partial charge in [-0.1, -0.05) is 26.7 Å². The van der Waals surface area contributed by atoms with Gasteiger partial charge in [0.25, 0.3) is 0 Å². The van der Waals surface area contributed by atoms with Gasteiger partial charge in [-0.05, 0) is 31.2 Å². The normalized spacial score (nSPS) is 24.2. The molecule has 1 aliphatic heterocycles. The summed E-state index contributed by atoms with van der Waals surface area (Å²) in [5, 5.41) is 3.48. The maximum absolute atomic E-state index is 12.0. The third kappa shape index (κ3) is 3.56. The Balaban J connectivity index is 1.99. The van der Waals surface area contributed by atoms with Crippen LogP contribution in [-0.2, 0) is 9.59 Å². The molecule has 1 heterocycles. The summed E-state index contributed by atoms with van der Waals surface area (Å²) in [6.07, 6.45) is 6.07. The van der Waals surface area contributed by atoms with Crippen molar-refractivity contribution < 1.29 is 9.59 Å². The Kier molecular flexibility index (Phi) is 4.97. The first kappa shape index (κ1) is 14.5. The highest BCUT2D eigenvalue weighted by atomic mass is 16.2. The zero-order valence-electron chi connectivity index (χ0n) is 12.2. The van der Waals surface area contributed by atoms with Crippen LogP contribution in [0.1, 0.15) is 52.4 Å². The predicted molar refractivity (Wildman–Crippen MR) is 74.5 cm³/mol. The molecular weight excluding hydrogens is 240 g/mol. The number of nitrogens with one attached hydrogen (secondary N) is 1. The topological polar surface area (TPSA) is 49.4 Å².